The van der Waals surface area contributed by atoms with Crippen molar-refractivity contribution in [2.45, 2.75) is 39.4 Å². The standard InChI is InChI=1S/C15H18ClF3N2O2/c1-9(22)21(14(2,3)4)8-13(23)20-10-5-6-12(16)11(7-10)15(17,18)19/h5-7H,8H2,1-4H3,(H,20,23). The number of halogens is 4. The van der Waals surface area contributed by atoms with Crippen LogP contribution in [0.3, 0.4) is 0 Å². The molecule has 0 unspecified atom stereocenters. The summed E-state index contributed by atoms with van der Waals surface area (Å²) in [4.78, 5) is 24.9. The lowest BCUT2D eigenvalue weighted by Gasteiger charge is -2.34. The van der Waals surface area contributed by atoms with Crippen molar-refractivity contribution in [1.82, 2.24) is 4.90 Å². The average Bonchev–Trinajstić information content (AvgIpc) is 2.35. The molecule has 0 bridgehead atoms. The van der Waals surface area contributed by atoms with E-state index in [-0.39, 0.29) is 18.1 Å². The molecular weight excluding hydrogens is 333 g/mol. The van der Waals surface area contributed by atoms with Crippen molar-refractivity contribution in [2.75, 3.05) is 11.9 Å². The van der Waals surface area contributed by atoms with Gasteiger partial charge in [-0.3, -0.25) is 9.59 Å². The Morgan fingerprint density at radius 3 is 2.22 bits per heavy atom. The summed E-state index contributed by atoms with van der Waals surface area (Å²) in [5, 5.41) is 1.90. The third-order valence-corrected chi connectivity index (χ3v) is 3.38. The molecule has 128 valence electrons. The van der Waals surface area contributed by atoms with Gasteiger partial charge in [-0.05, 0) is 39.0 Å². The molecule has 8 heteroatoms. The van der Waals surface area contributed by atoms with Crippen LogP contribution in [-0.2, 0) is 15.8 Å². The van der Waals surface area contributed by atoms with E-state index in [9.17, 15) is 22.8 Å². The molecular formula is C15H18ClF3N2O2. The molecule has 0 saturated carbocycles. The average molecular weight is 351 g/mol. The number of hydrogen-bond donors (Lipinski definition) is 1. The van der Waals surface area contributed by atoms with Crippen LogP contribution in [0.5, 0.6) is 0 Å². The van der Waals surface area contributed by atoms with Gasteiger partial charge in [0.1, 0.15) is 6.54 Å². The van der Waals surface area contributed by atoms with Crippen LogP contribution in [0.25, 0.3) is 0 Å². The number of amides is 2. The van der Waals surface area contributed by atoms with Gasteiger partial charge in [0.05, 0.1) is 10.6 Å². The van der Waals surface area contributed by atoms with E-state index >= 15 is 0 Å². The summed E-state index contributed by atoms with van der Waals surface area (Å²) in [5.41, 5.74) is -1.65. The summed E-state index contributed by atoms with van der Waals surface area (Å²) in [6.07, 6.45) is -4.62. The van der Waals surface area contributed by atoms with Gasteiger partial charge in [0.25, 0.3) is 0 Å². The quantitative estimate of drug-likeness (QED) is 0.897. The van der Waals surface area contributed by atoms with Crippen molar-refractivity contribution < 1.29 is 22.8 Å². The summed E-state index contributed by atoms with van der Waals surface area (Å²) >= 11 is 5.52. The second-order valence-electron chi connectivity index (χ2n) is 6.02. The van der Waals surface area contributed by atoms with Crippen molar-refractivity contribution in [2.24, 2.45) is 0 Å². The van der Waals surface area contributed by atoms with E-state index in [1.165, 1.54) is 17.9 Å². The SMILES string of the molecule is CC(=O)N(CC(=O)Nc1ccc(Cl)c(C(F)(F)F)c1)C(C)(C)C. The second kappa shape index (κ2) is 6.78. The van der Waals surface area contributed by atoms with E-state index in [0.29, 0.717) is 0 Å². The number of anilines is 1. The molecule has 4 nitrogen and oxygen atoms in total. The van der Waals surface area contributed by atoms with Crippen LogP contribution in [0, 0.1) is 0 Å². The molecule has 23 heavy (non-hydrogen) atoms. The van der Waals surface area contributed by atoms with Crippen LogP contribution in [0.4, 0.5) is 18.9 Å². The van der Waals surface area contributed by atoms with E-state index < -0.39 is 28.2 Å². The first-order chi connectivity index (χ1) is 10.3. The first-order valence-corrected chi connectivity index (χ1v) is 7.15. The molecule has 0 aliphatic heterocycles. The van der Waals surface area contributed by atoms with Gasteiger partial charge in [0, 0.05) is 18.2 Å². The highest BCUT2D eigenvalue weighted by Gasteiger charge is 2.33. The van der Waals surface area contributed by atoms with E-state index in [0.717, 1.165) is 12.1 Å². The fourth-order valence-corrected chi connectivity index (χ4v) is 2.21. The largest absolute Gasteiger partial charge is 0.417 e. The van der Waals surface area contributed by atoms with Gasteiger partial charge in [0.2, 0.25) is 11.8 Å². The maximum atomic E-state index is 12.8. The van der Waals surface area contributed by atoms with Crippen LogP contribution in [-0.4, -0.2) is 28.8 Å². The van der Waals surface area contributed by atoms with Gasteiger partial charge in [0.15, 0.2) is 0 Å². The van der Waals surface area contributed by atoms with Gasteiger partial charge in [-0.2, -0.15) is 13.2 Å². The predicted molar refractivity (Wildman–Crippen MR) is 82.2 cm³/mol. The summed E-state index contributed by atoms with van der Waals surface area (Å²) in [6.45, 7) is 6.33. The summed E-state index contributed by atoms with van der Waals surface area (Å²) in [7, 11) is 0. The number of nitrogens with one attached hydrogen (secondary N) is 1. The van der Waals surface area contributed by atoms with Crippen LogP contribution in [0.1, 0.15) is 33.3 Å². The number of carbonyl (C=O) groups is 2. The minimum atomic E-state index is -4.62. The second-order valence-corrected chi connectivity index (χ2v) is 6.42. The van der Waals surface area contributed by atoms with Crippen molar-refractivity contribution >= 4 is 29.1 Å². The van der Waals surface area contributed by atoms with Crippen molar-refractivity contribution in [3.05, 3.63) is 28.8 Å². The zero-order valence-electron chi connectivity index (χ0n) is 13.2. The molecule has 0 heterocycles. The van der Waals surface area contributed by atoms with E-state index in [1.54, 1.807) is 20.8 Å². The van der Waals surface area contributed by atoms with Crippen LogP contribution in [0.2, 0.25) is 5.02 Å². The summed E-state index contributed by atoms with van der Waals surface area (Å²) in [5.74, 6) is -0.898. The number of alkyl halides is 3. The number of hydrogen-bond acceptors (Lipinski definition) is 2. The molecule has 0 radical (unpaired) electrons. The lowest BCUT2D eigenvalue weighted by atomic mass is 10.1. The van der Waals surface area contributed by atoms with E-state index in [4.69, 9.17) is 11.6 Å². The molecule has 0 spiro atoms. The lowest BCUT2D eigenvalue weighted by Crippen LogP contribution is -2.48. The predicted octanol–water partition coefficient (Wildman–Crippen LogP) is 3.94. The highest BCUT2D eigenvalue weighted by molar-refractivity contribution is 6.31. The third-order valence-electron chi connectivity index (χ3n) is 3.05. The Hall–Kier alpha value is -1.76. The Kier molecular flexibility index (Phi) is 5.69. The minimum absolute atomic E-state index is 0.0378. The smallest absolute Gasteiger partial charge is 0.329 e. The first-order valence-electron chi connectivity index (χ1n) is 6.77. The number of nitrogens with zero attached hydrogens (tertiary/aromatic N) is 1. The zero-order chi connectivity index (χ0) is 18.0. The monoisotopic (exact) mass is 350 g/mol. The fraction of sp³-hybridized carbons (Fsp3) is 0.467. The van der Waals surface area contributed by atoms with Gasteiger partial charge < -0.3 is 10.2 Å². The topological polar surface area (TPSA) is 49.4 Å². The van der Waals surface area contributed by atoms with E-state index in [2.05, 4.69) is 5.32 Å². The van der Waals surface area contributed by atoms with Crippen molar-refractivity contribution in [3.63, 3.8) is 0 Å². The fourth-order valence-electron chi connectivity index (χ4n) is 1.99. The zero-order valence-corrected chi connectivity index (χ0v) is 14.0. The Morgan fingerprint density at radius 1 is 1.22 bits per heavy atom. The van der Waals surface area contributed by atoms with Gasteiger partial charge >= 0.3 is 6.18 Å². The lowest BCUT2D eigenvalue weighted by molar-refractivity contribution is -0.137. The molecule has 1 N–H and O–H groups in total. The molecule has 2 amide bonds. The minimum Gasteiger partial charge on any atom is -0.329 e. The number of benzene rings is 1. The molecule has 1 aromatic carbocycles. The molecule has 0 aliphatic rings. The Morgan fingerprint density at radius 2 is 1.78 bits per heavy atom. The maximum absolute atomic E-state index is 12.8. The van der Waals surface area contributed by atoms with Crippen molar-refractivity contribution in [1.29, 1.82) is 0 Å². The maximum Gasteiger partial charge on any atom is 0.417 e. The first kappa shape index (κ1) is 19.3. The normalized spacial score (nSPS) is 12.0. The van der Waals surface area contributed by atoms with Gasteiger partial charge in [-0.25, -0.2) is 0 Å². The highest BCUT2D eigenvalue weighted by Crippen LogP contribution is 2.36. The van der Waals surface area contributed by atoms with Crippen LogP contribution in [0.15, 0.2) is 18.2 Å². The number of carbonyl (C=O) groups excluding carboxylic acids is 2. The third kappa shape index (κ3) is 5.42. The Balaban J connectivity index is 2.92. The van der Waals surface area contributed by atoms with Gasteiger partial charge in [-0.1, -0.05) is 11.6 Å². The number of rotatable bonds is 3. The van der Waals surface area contributed by atoms with Crippen LogP contribution >= 0.6 is 11.6 Å². The molecule has 0 fully saturated rings. The molecule has 0 atom stereocenters. The van der Waals surface area contributed by atoms with E-state index in [1.807, 2.05) is 0 Å². The summed E-state index contributed by atoms with van der Waals surface area (Å²) < 4.78 is 38.4. The molecule has 0 saturated heterocycles. The van der Waals surface area contributed by atoms with Gasteiger partial charge in [-0.15, -0.1) is 0 Å². The molecule has 1 aromatic rings. The highest BCUT2D eigenvalue weighted by atomic mass is 35.5. The molecule has 0 aromatic heterocycles. The summed E-state index contributed by atoms with van der Waals surface area (Å²) in [6, 6.07) is 3.09. The van der Waals surface area contributed by atoms with Crippen molar-refractivity contribution in [3.8, 4) is 0 Å². The van der Waals surface area contributed by atoms with Crippen LogP contribution < -0.4 is 5.32 Å². The molecule has 0 aliphatic carbocycles. The Labute approximate surface area is 137 Å². The molecule has 1 rings (SSSR count). The Bertz CT molecular complexity index is 610.